The van der Waals surface area contributed by atoms with E-state index in [9.17, 15) is 4.79 Å². The van der Waals surface area contributed by atoms with Crippen LogP contribution in [0.3, 0.4) is 0 Å². The summed E-state index contributed by atoms with van der Waals surface area (Å²) in [4.78, 5) is 12.6. The van der Waals surface area contributed by atoms with Crippen LogP contribution >= 0.6 is 11.6 Å². The van der Waals surface area contributed by atoms with E-state index in [1.54, 1.807) is 12.3 Å². The number of amides is 1. The van der Waals surface area contributed by atoms with E-state index in [1.807, 2.05) is 94.5 Å². The van der Waals surface area contributed by atoms with E-state index in [0.717, 1.165) is 17.1 Å². The molecule has 2 aromatic carbocycles. The molecule has 1 N–H and O–H groups in total. The molecular formula is C22H17ClN4O. The lowest BCUT2D eigenvalue weighted by Gasteiger charge is -2.09. The number of para-hydroxylation sites is 1. The number of rotatable bonds is 5. The van der Waals surface area contributed by atoms with Crippen molar-refractivity contribution in [1.82, 2.24) is 14.6 Å². The van der Waals surface area contributed by atoms with E-state index < -0.39 is 0 Å². The van der Waals surface area contributed by atoms with Gasteiger partial charge in [0.05, 0.1) is 23.2 Å². The summed E-state index contributed by atoms with van der Waals surface area (Å²) in [7, 11) is 0. The van der Waals surface area contributed by atoms with Crippen LogP contribution in [0.1, 0.15) is 16.1 Å². The van der Waals surface area contributed by atoms with E-state index in [2.05, 4.69) is 10.5 Å². The Kier molecular flexibility index (Phi) is 5.08. The average Bonchev–Trinajstić information content (AvgIpc) is 3.41. The molecule has 5 nitrogen and oxygen atoms in total. The molecule has 0 spiro atoms. The maximum absolute atomic E-state index is 12.6. The second-order valence-corrected chi connectivity index (χ2v) is 6.52. The number of halogens is 1. The molecule has 6 heteroatoms. The van der Waals surface area contributed by atoms with Crippen LogP contribution in [0, 0.1) is 0 Å². The Morgan fingerprint density at radius 3 is 2.43 bits per heavy atom. The van der Waals surface area contributed by atoms with E-state index >= 15 is 0 Å². The summed E-state index contributed by atoms with van der Waals surface area (Å²) in [6.07, 6.45) is 7.33. The van der Waals surface area contributed by atoms with Crippen molar-refractivity contribution >= 4 is 23.7 Å². The van der Waals surface area contributed by atoms with Gasteiger partial charge < -0.3 is 9.13 Å². The highest BCUT2D eigenvalue weighted by Gasteiger charge is 2.11. The zero-order chi connectivity index (χ0) is 19.3. The van der Waals surface area contributed by atoms with Gasteiger partial charge >= 0.3 is 0 Å². The number of nitrogens with zero attached hydrogens (tertiary/aromatic N) is 3. The second-order valence-electron chi connectivity index (χ2n) is 6.09. The third-order valence-electron chi connectivity index (χ3n) is 4.28. The van der Waals surface area contributed by atoms with E-state index in [0.29, 0.717) is 10.6 Å². The van der Waals surface area contributed by atoms with Crippen molar-refractivity contribution in [1.29, 1.82) is 0 Å². The highest BCUT2D eigenvalue weighted by Crippen LogP contribution is 2.16. The molecule has 2 aromatic heterocycles. The van der Waals surface area contributed by atoms with Crippen molar-refractivity contribution in [2.75, 3.05) is 0 Å². The number of hydrogen-bond donors (Lipinski definition) is 1. The number of nitrogens with one attached hydrogen (secondary N) is 1. The lowest BCUT2D eigenvalue weighted by molar-refractivity contribution is 0.0955. The normalized spacial score (nSPS) is 11.0. The molecule has 0 aliphatic carbocycles. The zero-order valence-corrected chi connectivity index (χ0v) is 15.6. The predicted octanol–water partition coefficient (Wildman–Crippen LogP) is 4.69. The highest BCUT2D eigenvalue weighted by molar-refractivity contribution is 6.30. The number of carbonyl (C=O) groups excluding carboxylic acids is 1. The summed E-state index contributed by atoms with van der Waals surface area (Å²) >= 11 is 5.95. The van der Waals surface area contributed by atoms with Gasteiger partial charge in [-0.05, 0) is 60.7 Å². The predicted molar refractivity (Wildman–Crippen MR) is 112 cm³/mol. The van der Waals surface area contributed by atoms with Gasteiger partial charge in [-0.1, -0.05) is 23.7 Å². The minimum atomic E-state index is -0.273. The number of aromatic nitrogens is 2. The van der Waals surface area contributed by atoms with Crippen LogP contribution in [0.4, 0.5) is 0 Å². The molecule has 2 heterocycles. The quantitative estimate of drug-likeness (QED) is 0.391. The first kappa shape index (κ1) is 17.8. The molecule has 4 rings (SSSR count). The summed E-state index contributed by atoms with van der Waals surface area (Å²) < 4.78 is 3.85. The molecule has 1 amide bonds. The monoisotopic (exact) mass is 388 g/mol. The summed E-state index contributed by atoms with van der Waals surface area (Å²) in [6.45, 7) is 0. The first-order valence-corrected chi connectivity index (χ1v) is 9.09. The van der Waals surface area contributed by atoms with Gasteiger partial charge in [0.25, 0.3) is 5.91 Å². The van der Waals surface area contributed by atoms with Gasteiger partial charge in [0.15, 0.2) is 0 Å². The fourth-order valence-corrected chi connectivity index (χ4v) is 3.07. The molecule has 0 aliphatic rings. The molecule has 0 bridgehead atoms. The molecule has 138 valence electrons. The van der Waals surface area contributed by atoms with E-state index in [-0.39, 0.29) is 5.91 Å². The van der Waals surface area contributed by atoms with Crippen LogP contribution in [0.5, 0.6) is 0 Å². The van der Waals surface area contributed by atoms with Crippen LogP contribution in [-0.2, 0) is 0 Å². The molecule has 0 fully saturated rings. The molecule has 0 saturated carbocycles. The van der Waals surface area contributed by atoms with Crippen molar-refractivity contribution in [3.63, 3.8) is 0 Å². The van der Waals surface area contributed by atoms with Gasteiger partial charge in [0.1, 0.15) is 0 Å². The lowest BCUT2D eigenvalue weighted by atomic mass is 10.1. The van der Waals surface area contributed by atoms with Gasteiger partial charge in [-0.25, -0.2) is 5.43 Å². The summed E-state index contributed by atoms with van der Waals surface area (Å²) in [6, 6.07) is 22.6. The molecule has 0 aliphatic heterocycles. The Bertz CT molecular complexity index is 1110. The Balaban J connectivity index is 1.52. The van der Waals surface area contributed by atoms with Gasteiger partial charge in [0.2, 0.25) is 0 Å². The highest BCUT2D eigenvalue weighted by atomic mass is 35.5. The van der Waals surface area contributed by atoms with Crippen LogP contribution in [0.2, 0.25) is 5.02 Å². The molecule has 4 aromatic rings. The minimum Gasteiger partial charge on any atom is -0.323 e. The Morgan fingerprint density at radius 1 is 0.893 bits per heavy atom. The number of hydrazone groups is 1. The van der Waals surface area contributed by atoms with Crippen molar-refractivity contribution in [3.8, 4) is 11.4 Å². The van der Waals surface area contributed by atoms with E-state index in [1.165, 1.54) is 0 Å². The van der Waals surface area contributed by atoms with Crippen LogP contribution in [0.25, 0.3) is 11.4 Å². The van der Waals surface area contributed by atoms with Crippen LogP contribution < -0.4 is 5.43 Å². The van der Waals surface area contributed by atoms with Crippen LogP contribution in [-0.4, -0.2) is 21.3 Å². The maximum atomic E-state index is 12.6. The molecule has 0 unspecified atom stereocenters. The summed E-state index contributed by atoms with van der Waals surface area (Å²) in [5.74, 6) is -0.273. The first-order chi connectivity index (χ1) is 13.7. The third-order valence-corrected chi connectivity index (χ3v) is 4.53. The Labute approximate surface area is 167 Å². The smallest absolute Gasteiger partial charge is 0.273 e. The molecule has 28 heavy (non-hydrogen) atoms. The van der Waals surface area contributed by atoms with Gasteiger partial charge in [-0.3, -0.25) is 4.79 Å². The molecule has 0 atom stereocenters. The van der Waals surface area contributed by atoms with Crippen molar-refractivity contribution in [2.45, 2.75) is 0 Å². The zero-order valence-electron chi connectivity index (χ0n) is 14.9. The van der Waals surface area contributed by atoms with Gasteiger partial charge in [-0.15, -0.1) is 0 Å². The number of hydrogen-bond acceptors (Lipinski definition) is 2. The van der Waals surface area contributed by atoms with Gasteiger partial charge in [0, 0.05) is 29.3 Å². The standard InChI is InChI=1S/C22H17ClN4O/c23-17-9-11-18(12-10-17)27-15-5-6-19(27)16-24-25-22(28)20-7-1-2-8-21(20)26-13-3-4-14-26/h1-16H,(H,25,28)/b24-16+. The third kappa shape index (κ3) is 3.75. The second kappa shape index (κ2) is 7.98. The SMILES string of the molecule is O=C(N/N=C/c1cccn1-c1ccc(Cl)cc1)c1ccccc1-n1cccc1. The Morgan fingerprint density at radius 2 is 1.64 bits per heavy atom. The first-order valence-electron chi connectivity index (χ1n) is 8.71. The van der Waals surface area contributed by atoms with Gasteiger partial charge in [-0.2, -0.15) is 5.10 Å². The largest absolute Gasteiger partial charge is 0.323 e. The number of benzene rings is 2. The fraction of sp³-hybridized carbons (Fsp3) is 0. The number of carbonyl (C=O) groups is 1. The summed E-state index contributed by atoms with van der Waals surface area (Å²) in [5.41, 5.74) is 5.74. The summed E-state index contributed by atoms with van der Waals surface area (Å²) in [5, 5.41) is 4.82. The fourth-order valence-electron chi connectivity index (χ4n) is 2.94. The average molecular weight is 389 g/mol. The lowest BCUT2D eigenvalue weighted by Crippen LogP contribution is -2.19. The molecule has 0 saturated heterocycles. The van der Waals surface area contributed by atoms with Crippen molar-refractivity contribution in [2.24, 2.45) is 5.10 Å². The maximum Gasteiger partial charge on any atom is 0.273 e. The topological polar surface area (TPSA) is 51.3 Å². The van der Waals surface area contributed by atoms with E-state index in [4.69, 9.17) is 11.6 Å². The van der Waals surface area contributed by atoms with Crippen LogP contribution in [0.15, 0.2) is 96.5 Å². The van der Waals surface area contributed by atoms with Crippen molar-refractivity contribution < 1.29 is 4.79 Å². The molecule has 0 radical (unpaired) electrons. The Hall–Kier alpha value is -3.57. The van der Waals surface area contributed by atoms with Crippen molar-refractivity contribution in [3.05, 3.63) is 108 Å². The minimum absolute atomic E-state index is 0.273. The molecular weight excluding hydrogens is 372 g/mol.